The van der Waals surface area contributed by atoms with E-state index < -0.39 is 0 Å². The molecule has 1 aromatic rings. The van der Waals surface area contributed by atoms with Crippen LogP contribution in [0.5, 0.6) is 0 Å². The topological polar surface area (TPSA) is 38.5 Å². The zero-order valence-corrected chi connectivity index (χ0v) is 11.2. The third-order valence-electron chi connectivity index (χ3n) is 3.07. The van der Waals surface area contributed by atoms with E-state index in [-0.39, 0.29) is 0 Å². The molecule has 1 aromatic carbocycles. The summed E-state index contributed by atoms with van der Waals surface area (Å²) < 4.78 is 5.38. The molecule has 0 amide bonds. The first-order valence-corrected chi connectivity index (χ1v) is 6.28. The zero-order valence-electron chi connectivity index (χ0n) is 9.65. The highest BCUT2D eigenvalue weighted by Gasteiger charge is 2.22. The number of likely N-dealkylation sites (N-methyl/N-ethyl adjacent to an activating group) is 1. The summed E-state index contributed by atoms with van der Waals surface area (Å²) in [7, 11) is 2.03. The summed E-state index contributed by atoms with van der Waals surface area (Å²) in [6.45, 7) is 1.57. The van der Waals surface area contributed by atoms with E-state index in [2.05, 4.69) is 4.90 Å². The van der Waals surface area contributed by atoms with E-state index in [0.717, 1.165) is 30.9 Å². The van der Waals surface area contributed by atoms with Crippen LogP contribution in [0.15, 0.2) is 18.2 Å². The van der Waals surface area contributed by atoms with E-state index in [4.69, 9.17) is 34.3 Å². The molecule has 3 nitrogen and oxygen atoms in total. The second-order valence-electron chi connectivity index (χ2n) is 4.16. The normalized spacial score (nSPS) is 19.3. The Morgan fingerprint density at radius 3 is 2.88 bits per heavy atom. The van der Waals surface area contributed by atoms with E-state index in [0.29, 0.717) is 16.1 Å². The molecule has 1 unspecified atom stereocenters. The number of nitrogens with zero attached hydrogens (tertiary/aromatic N) is 1. The smallest absolute Gasteiger partial charge is 0.104 e. The van der Waals surface area contributed by atoms with Crippen LogP contribution in [0.4, 0.5) is 5.69 Å². The minimum absolute atomic E-state index is 0.366. The van der Waals surface area contributed by atoms with Crippen molar-refractivity contribution >= 4 is 34.5 Å². The first-order valence-electron chi connectivity index (χ1n) is 5.49. The second kappa shape index (κ2) is 5.21. The molecule has 0 saturated carbocycles. The minimum atomic E-state index is 0.366. The predicted molar refractivity (Wildman–Crippen MR) is 75.0 cm³/mol. The van der Waals surface area contributed by atoms with Crippen LogP contribution in [0.1, 0.15) is 12.0 Å². The number of hydrogen-bond donors (Lipinski definition) is 1. The van der Waals surface area contributed by atoms with Crippen molar-refractivity contribution in [2.75, 3.05) is 25.2 Å². The monoisotopic (exact) mass is 270 g/mol. The van der Waals surface area contributed by atoms with Gasteiger partial charge < -0.3 is 15.4 Å². The Balaban J connectivity index is 2.23. The summed E-state index contributed by atoms with van der Waals surface area (Å²) >= 11 is 11.2. The van der Waals surface area contributed by atoms with Crippen LogP contribution >= 0.6 is 23.8 Å². The van der Waals surface area contributed by atoms with Crippen molar-refractivity contribution in [3.8, 4) is 0 Å². The molecule has 1 aliphatic heterocycles. The summed E-state index contributed by atoms with van der Waals surface area (Å²) in [5.74, 6) is 0. The molecular formula is C12H15ClN2OS. The summed E-state index contributed by atoms with van der Waals surface area (Å²) in [5.41, 5.74) is 7.35. The molecule has 0 bridgehead atoms. The molecule has 1 heterocycles. The number of nitrogens with two attached hydrogens (primary N) is 1. The van der Waals surface area contributed by atoms with Crippen molar-refractivity contribution in [1.29, 1.82) is 0 Å². The van der Waals surface area contributed by atoms with Gasteiger partial charge >= 0.3 is 0 Å². The van der Waals surface area contributed by atoms with Crippen LogP contribution in [-0.4, -0.2) is 31.3 Å². The maximum absolute atomic E-state index is 6.25. The highest BCUT2D eigenvalue weighted by atomic mass is 35.5. The molecule has 2 N–H and O–H groups in total. The first-order chi connectivity index (χ1) is 8.09. The van der Waals surface area contributed by atoms with Crippen LogP contribution < -0.4 is 10.6 Å². The lowest BCUT2D eigenvalue weighted by Crippen LogP contribution is -2.32. The average molecular weight is 271 g/mol. The van der Waals surface area contributed by atoms with Gasteiger partial charge in [-0.2, -0.15) is 0 Å². The predicted octanol–water partition coefficient (Wildman–Crippen LogP) is 2.20. The molecule has 1 aliphatic rings. The van der Waals surface area contributed by atoms with Crippen LogP contribution in [0.3, 0.4) is 0 Å². The fraction of sp³-hybridized carbons (Fsp3) is 0.417. The fourth-order valence-corrected chi connectivity index (χ4v) is 2.41. The number of hydrogen-bond acceptors (Lipinski definition) is 3. The van der Waals surface area contributed by atoms with E-state index >= 15 is 0 Å². The third kappa shape index (κ3) is 2.70. The quantitative estimate of drug-likeness (QED) is 0.855. The molecule has 2 rings (SSSR count). The van der Waals surface area contributed by atoms with Gasteiger partial charge in [-0.15, -0.1) is 0 Å². The molecule has 1 fully saturated rings. The fourth-order valence-electron chi connectivity index (χ4n) is 1.97. The lowest BCUT2D eigenvalue weighted by atomic mass is 10.1. The van der Waals surface area contributed by atoms with Crippen LogP contribution in [0.25, 0.3) is 0 Å². The Bertz CT molecular complexity index is 433. The molecule has 17 heavy (non-hydrogen) atoms. The summed E-state index contributed by atoms with van der Waals surface area (Å²) in [5, 5.41) is 0.671. The van der Waals surface area contributed by atoms with Gasteiger partial charge in [0, 0.05) is 19.2 Å². The highest BCUT2D eigenvalue weighted by molar-refractivity contribution is 7.80. The Morgan fingerprint density at radius 2 is 2.35 bits per heavy atom. The molecule has 0 aromatic heterocycles. The standard InChI is InChI=1S/C12H15ClN2OS/c1-15(9-4-5-16-7-9)11-3-2-8(12(14)17)6-10(11)13/h2-3,6,9H,4-5,7H2,1H3,(H2,14,17). The Labute approximate surface area is 111 Å². The highest BCUT2D eigenvalue weighted by Crippen LogP contribution is 2.29. The van der Waals surface area contributed by atoms with Gasteiger partial charge in [-0.3, -0.25) is 0 Å². The van der Waals surface area contributed by atoms with Crippen LogP contribution in [0, 0.1) is 0 Å². The van der Waals surface area contributed by atoms with Gasteiger partial charge in [0.05, 0.1) is 23.4 Å². The number of anilines is 1. The Morgan fingerprint density at radius 1 is 1.59 bits per heavy atom. The first kappa shape index (κ1) is 12.6. The molecule has 92 valence electrons. The third-order valence-corrected chi connectivity index (χ3v) is 3.60. The number of halogens is 1. The average Bonchev–Trinajstić information content (AvgIpc) is 2.81. The zero-order chi connectivity index (χ0) is 12.4. The molecule has 1 saturated heterocycles. The van der Waals surface area contributed by atoms with Crippen LogP contribution in [-0.2, 0) is 4.74 Å². The van der Waals surface area contributed by atoms with Crippen LogP contribution in [0.2, 0.25) is 5.02 Å². The summed E-state index contributed by atoms with van der Waals surface area (Å²) in [6, 6.07) is 6.06. The molecular weight excluding hydrogens is 256 g/mol. The number of benzene rings is 1. The Kier molecular flexibility index (Phi) is 3.86. The molecule has 5 heteroatoms. The lowest BCUT2D eigenvalue weighted by molar-refractivity contribution is 0.193. The van der Waals surface area contributed by atoms with Crippen molar-refractivity contribution in [1.82, 2.24) is 0 Å². The van der Waals surface area contributed by atoms with Gasteiger partial charge in [-0.1, -0.05) is 23.8 Å². The van der Waals surface area contributed by atoms with Gasteiger partial charge in [0.25, 0.3) is 0 Å². The van der Waals surface area contributed by atoms with Gasteiger partial charge in [0.2, 0.25) is 0 Å². The SMILES string of the molecule is CN(c1ccc(C(N)=S)cc1Cl)C1CCOC1. The van der Waals surface area contributed by atoms with Crippen molar-refractivity contribution in [3.63, 3.8) is 0 Å². The Hall–Kier alpha value is -0.840. The maximum Gasteiger partial charge on any atom is 0.104 e. The molecule has 0 radical (unpaired) electrons. The van der Waals surface area contributed by atoms with E-state index in [9.17, 15) is 0 Å². The van der Waals surface area contributed by atoms with Gasteiger partial charge in [-0.25, -0.2) is 0 Å². The number of rotatable bonds is 3. The molecule has 0 aliphatic carbocycles. The summed E-state index contributed by atoms with van der Waals surface area (Å²) in [4.78, 5) is 2.52. The van der Waals surface area contributed by atoms with E-state index in [1.54, 1.807) is 0 Å². The van der Waals surface area contributed by atoms with Crippen molar-refractivity contribution in [2.45, 2.75) is 12.5 Å². The maximum atomic E-state index is 6.25. The number of thiocarbonyl (C=S) groups is 1. The molecule has 1 atom stereocenters. The van der Waals surface area contributed by atoms with Gasteiger partial charge in [0.1, 0.15) is 4.99 Å². The van der Waals surface area contributed by atoms with Gasteiger partial charge in [-0.05, 0) is 24.6 Å². The summed E-state index contributed by atoms with van der Waals surface area (Å²) in [6.07, 6.45) is 1.03. The van der Waals surface area contributed by atoms with Crippen molar-refractivity contribution in [2.24, 2.45) is 5.73 Å². The van der Waals surface area contributed by atoms with Gasteiger partial charge in [0.15, 0.2) is 0 Å². The van der Waals surface area contributed by atoms with Crippen molar-refractivity contribution < 1.29 is 4.74 Å². The van der Waals surface area contributed by atoms with E-state index in [1.165, 1.54) is 0 Å². The van der Waals surface area contributed by atoms with E-state index in [1.807, 2.05) is 25.2 Å². The largest absolute Gasteiger partial charge is 0.389 e. The lowest BCUT2D eigenvalue weighted by Gasteiger charge is -2.26. The minimum Gasteiger partial charge on any atom is -0.389 e. The molecule has 0 spiro atoms. The second-order valence-corrected chi connectivity index (χ2v) is 5.01. The van der Waals surface area contributed by atoms with Crippen molar-refractivity contribution in [3.05, 3.63) is 28.8 Å². The number of ether oxygens (including phenoxy) is 1.